The van der Waals surface area contributed by atoms with Gasteiger partial charge in [-0.1, -0.05) is 126 Å². The number of aliphatic imine (C=N–C) groups is 1. The van der Waals surface area contributed by atoms with Crippen molar-refractivity contribution in [3.63, 3.8) is 0 Å². The van der Waals surface area contributed by atoms with E-state index in [0.29, 0.717) is 29.8 Å². The van der Waals surface area contributed by atoms with Crippen LogP contribution in [0.4, 0.5) is 5.69 Å². The van der Waals surface area contributed by atoms with E-state index in [1.807, 2.05) is 43.3 Å². The van der Waals surface area contributed by atoms with Gasteiger partial charge in [-0.05, 0) is 61.7 Å². The number of halogens is 1. The number of anilines is 1. The monoisotopic (exact) mass is 734 g/mol. The topological polar surface area (TPSA) is 128 Å². The number of nitrogens with zero attached hydrogens (tertiary/aromatic N) is 2. The molecular formula is C41H39ClN4O5S. The van der Waals surface area contributed by atoms with Crippen LogP contribution in [-0.2, 0) is 26.2 Å². The molecule has 0 radical (unpaired) electrons. The lowest BCUT2D eigenvalue weighted by Crippen LogP contribution is -2.40. The maximum Gasteiger partial charge on any atom is 0.330 e. The Morgan fingerprint density at radius 2 is 1.50 bits per heavy atom. The number of para-hydroxylation sites is 1. The minimum absolute atomic E-state index is 0.0344. The number of nitrogens with one attached hydrogen (secondary N) is 2. The number of sulfonamides is 1. The fourth-order valence-corrected chi connectivity index (χ4v) is 7.90. The van der Waals surface area contributed by atoms with Crippen molar-refractivity contribution in [3.05, 3.63) is 166 Å². The third kappa shape index (κ3) is 8.66. The minimum atomic E-state index is -4.25. The quantitative estimate of drug-likeness (QED) is 0.109. The Morgan fingerprint density at radius 3 is 2.19 bits per heavy atom. The zero-order valence-electron chi connectivity index (χ0n) is 28.5. The van der Waals surface area contributed by atoms with E-state index in [-0.39, 0.29) is 33.1 Å². The van der Waals surface area contributed by atoms with E-state index in [0.717, 1.165) is 24.1 Å². The number of carbonyl (C=O) groups is 2. The van der Waals surface area contributed by atoms with Crippen LogP contribution < -0.4 is 10.0 Å². The first-order valence-corrected chi connectivity index (χ1v) is 18.8. The van der Waals surface area contributed by atoms with Crippen molar-refractivity contribution in [2.75, 3.05) is 11.9 Å². The largest absolute Gasteiger partial charge is 0.480 e. The normalized spacial score (nSPS) is 16.3. The highest BCUT2D eigenvalue weighted by atomic mass is 35.5. The first kappa shape index (κ1) is 36.7. The van der Waals surface area contributed by atoms with Crippen LogP contribution in [0.5, 0.6) is 0 Å². The van der Waals surface area contributed by atoms with Gasteiger partial charge in [-0.25, -0.2) is 17.9 Å². The van der Waals surface area contributed by atoms with Gasteiger partial charge in [0, 0.05) is 22.7 Å². The number of carboxylic acid groups (broad SMARTS) is 1. The molecule has 11 heteroatoms. The molecule has 0 bridgehead atoms. The molecule has 6 rings (SSSR count). The fraction of sp³-hybridized carbons (Fsp3) is 0.195. The standard InChI is InChI=1S/C41H39ClN4O5S/c1-28-22-24-31(25-23-28)52(50,51)45-38(32-17-8-10-19-34(32)42)39(41(48)49)44-37(30-15-6-3-7-16-30)33-18-9-11-20-35(33)43-40(47)36-21-12-26-46(36)27-29-13-4-2-5-14-29/h2-11,13-20,22-25,36,38-39,45H,12,21,26-27H2,1H3,(H,43,47)(H,48,49)/t36-,38+,39-/m1/s1. The first-order chi connectivity index (χ1) is 25.1. The van der Waals surface area contributed by atoms with Crippen LogP contribution in [0, 0.1) is 6.92 Å². The minimum Gasteiger partial charge on any atom is -0.480 e. The molecule has 3 N–H and O–H groups in total. The number of aliphatic carboxylic acids is 1. The van der Waals surface area contributed by atoms with Gasteiger partial charge in [-0.3, -0.25) is 14.7 Å². The van der Waals surface area contributed by atoms with Gasteiger partial charge in [0.1, 0.15) is 0 Å². The summed E-state index contributed by atoms with van der Waals surface area (Å²) in [4.78, 5) is 34.1. The van der Waals surface area contributed by atoms with Crippen LogP contribution in [-0.4, -0.2) is 54.6 Å². The van der Waals surface area contributed by atoms with E-state index in [4.69, 9.17) is 16.6 Å². The molecule has 5 aromatic rings. The number of likely N-dealkylation sites (tertiary alicyclic amines) is 1. The second-order valence-corrected chi connectivity index (χ2v) is 14.8. The van der Waals surface area contributed by atoms with Gasteiger partial charge in [0.05, 0.1) is 28.4 Å². The van der Waals surface area contributed by atoms with Crippen molar-refractivity contribution in [2.45, 2.75) is 49.3 Å². The molecular weight excluding hydrogens is 696 g/mol. The Labute approximate surface area is 309 Å². The molecule has 1 saturated heterocycles. The predicted octanol–water partition coefficient (Wildman–Crippen LogP) is 7.26. The Kier molecular flexibility index (Phi) is 11.6. The predicted molar refractivity (Wildman–Crippen MR) is 204 cm³/mol. The van der Waals surface area contributed by atoms with Gasteiger partial charge < -0.3 is 10.4 Å². The highest BCUT2D eigenvalue weighted by molar-refractivity contribution is 7.89. The van der Waals surface area contributed by atoms with Crippen molar-refractivity contribution in [2.24, 2.45) is 4.99 Å². The number of rotatable bonds is 13. The van der Waals surface area contributed by atoms with Crippen LogP contribution in [0.1, 0.15) is 46.7 Å². The molecule has 1 fully saturated rings. The van der Waals surface area contributed by atoms with Crippen LogP contribution in [0.2, 0.25) is 5.02 Å². The molecule has 5 aromatic carbocycles. The highest BCUT2D eigenvalue weighted by Crippen LogP contribution is 2.31. The van der Waals surface area contributed by atoms with Gasteiger partial charge in [0.15, 0.2) is 6.04 Å². The summed E-state index contributed by atoms with van der Waals surface area (Å²) in [6.45, 7) is 3.26. The molecule has 0 spiro atoms. The van der Waals surface area contributed by atoms with Crippen molar-refractivity contribution in [1.29, 1.82) is 0 Å². The summed E-state index contributed by atoms with van der Waals surface area (Å²) in [5.74, 6) is -1.56. The third-order valence-corrected chi connectivity index (χ3v) is 10.9. The van der Waals surface area contributed by atoms with Crippen LogP contribution >= 0.6 is 11.6 Å². The van der Waals surface area contributed by atoms with E-state index >= 15 is 0 Å². The maximum absolute atomic E-state index is 13.9. The summed E-state index contributed by atoms with van der Waals surface area (Å²) in [5.41, 5.74) is 3.96. The molecule has 1 aliphatic heterocycles. The third-order valence-electron chi connectivity index (χ3n) is 9.07. The van der Waals surface area contributed by atoms with Crippen molar-refractivity contribution in [3.8, 4) is 0 Å². The van der Waals surface area contributed by atoms with Gasteiger partial charge >= 0.3 is 5.97 Å². The SMILES string of the molecule is Cc1ccc(S(=O)(=O)N[C@@H](c2ccccc2Cl)[C@@H](N=C(c2ccccc2)c2ccccc2NC(=O)[C@H]2CCCN2Cc2ccccc2)C(=O)O)cc1. The zero-order valence-corrected chi connectivity index (χ0v) is 30.1. The summed E-state index contributed by atoms with van der Waals surface area (Å²) in [5, 5.41) is 14.1. The number of benzene rings is 5. The average molecular weight is 735 g/mol. The number of hydrogen-bond donors (Lipinski definition) is 3. The highest BCUT2D eigenvalue weighted by Gasteiger charge is 2.36. The number of carboxylic acids is 1. The van der Waals surface area contributed by atoms with E-state index in [2.05, 4.69) is 14.9 Å². The lowest BCUT2D eigenvalue weighted by Gasteiger charge is -2.26. The molecule has 1 heterocycles. The Balaban J connectivity index is 1.41. The molecule has 0 aromatic heterocycles. The van der Waals surface area contributed by atoms with Crippen LogP contribution in [0.15, 0.2) is 143 Å². The lowest BCUT2D eigenvalue weighted by molar-refractivity contribution is -0.139. The number of carbonyl (C=O) groups excluding carboxylic acids is 1. The second-order valence-electron chi connectivity index (χ2n) is 12.7. The van der Waals surface area contributed by atoms with Crippen molar-refractivity contribution < 1.29 is 23.1 Å². The van der Waals surface area contributed by atoms with Crippen LogP contribution in [0.3, 0.4) is 0 Å². The van der Waals surface area contributed by atoms with Gasteiger partial charge in [0.25, 0.3) is 0 Å². The molecule has 1 aliphatic rings. The summed E-state index contributed by atoms with van der Waals surface area (Å²) >= 11 is 6.61. The van der Waals surface area contributed by atoms with E-state index in [1.165, 1.54) is 12.1 Å². The fourth-order valence-electron chi connectivity index (χ4n) is 6.43. The molecule has 3 atom stereocenters. The molecule has 1 amide bonds. The molecule has 52 heavy (non-hydrogen) atoms. The lowest BCUT2D eigenvalue weighted by atomic mass is 9.97. The number of amides is 1. The first-order valence-electron chi connectivity index (χ1n) is 17.0. The maximum atomic E-state index is 13.9. The van der Waals surface area contributed by atoms with Crippen LogP contribution in [0.25, 0.3) is 0 Å². The smallest absolute Gasteiger partial charge is 0.330 e. The van der Waals surface area contributed by atoms with E-state index in [9.17, 15) is 23.1 Å². The zero-order chi connectivity index (χ0) is 36.7. The number of aryl methyl sites for hydroxylation is 1. The summed E-state index contributed by atoms with van der Waals surface area (Å²) in [6, 6.07) is 35.4. The Bertz CT molecular complexity index is 2160. The molecule has 0 saturated carbocycles. The Morgan fingerprint density at radius 1 is 0.865 bits per heavy atom. The van der Waals surface area contributed by atoms with Gasteiger partial charge in [-0.15, -0.1) is 0 Å². The van der Waals surface area contributed by atoms with Gasteiger partial charge in [-0.2, -0.15) is 0 Å². The van der Waals surface area contributed by atoms with Crippen molar-refractivity contribution in [1.82, 2.24) is 9.62 Å². The second kappa shape index (κ2) is 16.5. The van der Waals surface area contributed by atoms with Crippen molar-refractivity contribution >= 4 is 44.9 Å². The van der Waals surface area contributed by atoms with E-state index in [1.54, 1.807) is 84.9 Å². The summed E-state index contributed by atoms with van der Waals surface area (Å²) in [7, 11) is -4.25. The Hall–Kier alpha value is -5.13. The summed E-state index contributed by atoms with van der Waals surface area (Å²) in [6.07, 6.45) is 1.58. The average Bonchev–Trinajstić information content (AvgIpc) is 3.61. The summed E-state index contributed by atoms with van der Waals surface area (Å²) < 4.78 is 30.2. The molecule has 0 aliphatic carbocycles. The number of hydrogen-bond acceptors (Lipinski definition) is 6. The molecule has 0 unspecified atom stereocenters. The molecule has 9 nitrogen and oxygen atoms in total. The van der Waals surface area contributed by atoms with E-state index < -0.39 is 28.1 Å². The molecule has 266 valence electrons. The van der Waals surface area contributed by atoms with Gasteiger partial charge in [0.2, 0.25) is 15.9 Å².